The minimum atomic E-state index is -0.370. The Balaban J connectivity index is 2.07. The van der Waals surface area contributed by atoms with E-state index >= 15 is 0 Å². The summed E-state index contributed by atoms with van der Waals surface area (Å²) in [5.41, 5.74) is 14.2. The Morgan fingerprint density at radius 2 is 1.78 bits per heavy atom. The topological polar surface area (TPSA) is 80.0 Å². The van der Waals surface area contributed by atoms with Gasteiger partial charge in [-0.2, -0.15) is 4.99 Å². The highest BCUT2D eigenvalue weighted by Crippen LogP contribution is 2.40. The number of anilines is 1. The van der Waals surface area contributed by atoms with Crippen LogP contribution in [-0.2, 0) is 5.41 Å². The molecule has 1 aromatic rings. The molecule has 5 heteroatoms. The van der Waals surface area contributed by atoms with Crippen LogP contribution in [0.5, 0.6) is 0 Å². The molecule has 5 nitrogen and oxygen atoms in total. The summed E-state index contributed by atoms with van der Waals surface area (Å²) in [6.45, 7) is 6.64. The zero-order chi connectivity index (χ0) is 16.7. The molecule has 0 saturated heterocycles. The highest BCUT2D eigenvalue weighted by molar-refractivity contribution is 6.05. The van der Waals surface area contributed by atoms with Crippen LogP contribution >= 0.6 is 0 Å². The van der Waals surface area contributed by atoms with Crippen molar-refractivity contribution in [1.82, 2.24) is 0 Å². The van der Waals surface area contributed by atoms with E-state index in [0.29, 0.717) is 11.9 Å². The van der Waals surface area contributed by atoms with E-state index in [-0.39, 0.29) is 11.1 Å². The van der Waals surface area contributed by atoms with Crippen molar-refractivity contribution in [1.29, 1.82) is 0 Å². The summed E-state index contributed by atoms with van der Waals surface area (Å²) in [6.07, 6.45) is 5.44. The molecule has 1 spiro atoms. The molecule has 0 unspecified atom stereocenters. The van der Waals surface area contributed by atoms with Crippen molar-refractivity contribution in [3.8, 4) is 0 Å². The zero-order valence-electron chi connectivity index (χ0n) is 14.3. The van der Waals surface area contributed by atoms with Crippen molar-refractivity contribution in [3.63, 3.8) is 0 Å². The summed E-state index contributed by atoms with van der Waals surface area (Å²) in [5.74, 6) is 0.748. The largest absolute Gasteiger partial charge is 0.369 e. The molecule has 0 amide bonds. The average Bonchev–Trinajstić information content (AvgIpc) is 2.46. The second-order valence-corrected chi connectivity index (χ2v) is 7.62. The smallest absolute Gasteiger partial charge is 0.220 e. The predicted molar refractivity (Wildman–Crippen MR) is 96.7 cm³/mol. The molecule has 1 aliphatic carbocycles. The van der Waals surface area contributed by atoms with E-state index in [2.05, 4.69) is 54.9 Å². The molecule has 1 heterocycles. The van der Waals surface area contributed by atoms with Gasteiger partial charge in [0.05, 0.1) is 0 Å². The number of nitrogens with two attached hydrogens (primary N) is 2. The Kier molecular flexibility index (Phi) is 3.82. The summed E-state index contributed by atoms with van der Waals surface area (Å²) < 4.78 is 0. The van der Waals surface area contributed by atoms with Gasteiger partial charge in [-0.15, -0.1) is 0 Å². The summed E-state index contributed by atoms with van der Waals surface area (Å²) in [6, 6.07) is 8.54. The van der Waals surface area contributed by atoms with E-state index in [1.165, 1.54) is 12.0 Å². The van der Waals surface area contributed by atoms with Crippen molar-refractivity contribution in [3.05, 3.63) is 29.8 Å². The number of hydrogen-bond acceptors (Lipinski definition) is 5. The number of aliphatic imine (C=N–C) groups is 2. The van der Waals surface area contributed by atoms with Crippen LogP contribution in [0.3, 0.4) is 0 Å². The lowest BCUT2D eigenvalue weighted by Gasteiger charge is -2.45. The predicted octanol–water partition coefficient (Wildman–Crippen LogP) is 3.09. The first kappa shape index (κ1) is 15.8. The molecule has 0 atom stereocenters. The van der Waals surface area contributed by atoms with Crippen LogP contribution in [0.4, 0.5) is 5.69 Å². The molecule has 4 N–H and O–H groups in total. The van der Waals surface area contributed by atoms with Crippen molar-refractivity contribution in [2.45, 2.75) is 64.0 Å². The van der Waals surface area contributed by atoms with E-state index in [1.807, 2.05) is 0 Å². The van der Waals surface area contributed by atoms with Gasteiger partial charge in [0, 0.05) is 5.69 Å². The molecule has 1 aromatic carbocycles. The number of benzene rings is 1. The van der Waals surface area contributed by atoms with Gasteiger partial charge in [-0.05, 0) is 48.8 Å². The first-order chi connectivity index (χ1) is 10.8. The molecule has 0 aromatic heterocycles. The van der Waals surface area contributed by atoms with Gasteiger partial charge in [0.15, 0.2) is 0 Å². The van der Waals surface area contributed by atoms with Crippen molar-refractivity contribution in [2.75, 3.05) is 4.90 Å². The highest BCUT2D eigenvalue weighted by Gasteiger charge is 2.42. The molecule has 1 saturated carbocycles. The standard InChI is InChI=1S/C18H27N5/c1-17(2,3)13-8-7-9-14(12-13)23-16(20)21-15(19)22-18(23)10-5-4-6-11-18/h7-9,12H,4-6,10-11H2,1-3H3,(H4,19,20,21,22). The molecule has 2 aliphatic rings. The Morgan fingerprint density at radius 1 is 1.09 bits per heavy atom. The lowest BCUT2D eigenvalue weighted by molar-refractivity contribution is 0.305. The van der Waals surface area contributed by atoms with Gasteiger partial charge in [0.25, 0.3) is 0 Å². The minimum absolute atomic E-state index is 0.0831. The first-order valence-electron chi connectivity index (χ1n) is 8.42. The molecule has 0 radical (unpaired) electrons. The van der Waals surface area contributed by atoms with Gasteiger partial charge in [0.1, 0.15) is 5.66 Å². The summed E-state index contributed by atoms with van der Waals surface area (Å²) in [4.78, 5) is 11.1. The second kappa shape index (κ2) is 5.55. The maximum Gasteiger partial charge on any atom is 0.220 e. The van der Waals surface area contributed by atoms with Gasteiger partial charge in [-0.1, -0.05) is 39.3 Å². The van der Waals surface area contributed by atoms with Crippen LogP contribution in [0.15, 0.2) is 34.3 Å². The van der Waals surface area contributed by atoms with Crippen molar-refractivity contribution in [2.24, 2.45) is 21.5 Å². The number of nitrogens with zero attached hydrogens (tertiary/aromatic N) is 3. The Hall–Kier alpha value is -2.04. The zero-order valence-corrected chi connectivity index (χ0v) is 14.3. The molecule has 1 fully saturated rings. The van der Waals surface area contributed by atoms with Crippen LogP contribution in [0.25, 0.3) is 0 Å². The fraction of sp³-hybridized carbons (Fsp3) is 0.556. The van der Waals surface area contributed by atoms with Gasteiger partial charge in [0.2, 0.25) is 11.9 Å². The number of hydrogen-bond donors (Lipinski definition) is 2. The molecule has 23 heavy (non-hydrogen) atoms. The third-order valence-corrected chi connectivity index (χ3v) is 4.82. The molecular weight excluding hydrogens is 286 g/mol. The van der Waals surface area contributed by atoms with Gasteiger partial charge < -0.3 is 11.5 Å². The maximum atomic E-state index is 6.28. The van der Waals surface area contributed by atoms with Crippen LogP contribution in [0.1, 0.15) is 58.4 Å². The Bertz CT molecular complexity index is 648. The quantitative estimate of drug-likeness (QED) is 0.836. The summed E-state index contributed by atoms with van der Waals surface area (Å²) in [5, 5.41) is 0. The van der Waals surface area contributed by atoms with Crippen LogP contribution in [0.2, 0.25) is 0 Å². The normalized spacial score (nSPS) is 21.1. The van der Waals surface area contributed by atoms with Crippen LogP contribution < -0.4 is 16.4 Å². The lowest BCUT2D eigenvalue weighted by atomic mass is 9.85. The van der Waals surface area contributed by atoms with E-state index in [0.717, 1.165) is 31.4 Å². The summed E-state index contributed by atoms with van der Waals surface area (Å²) in [7, 11) is 0. The highest BCUT2D eigenvalue weighted by atomic mass is 15.4. The van der Waals surface area contributed by atoms with Crippen LogP contribution in [-0.4, -0.2) is 17.6 Å². The third-order valence-electron chi connectivity index (χ3n) is 4.82. The Morgan fingerprint density at radius 3 is 2.43 bits per heavy atom. The SMILES string of the molecule is CC(C)(C)c1cccc(N2C(N)=NC(N)=NC23CCCCC3)c1. The lowest BCUT2D eigenvalue weighted by Crippen LogP contribution is -2.58. The summed E-state index contributed by atoms with van der Waals surface area (Å²) >= 11 is 0. The maximum absolute atomic E-state index is 6.28. The van der Waals surface area contributed by atoms with Gasteiger partial charge >= 0.3 is 0 Å². The molecule has 1 aliphatic heterocycles. The molecule has 3 rings (SSSR count). The van der Waals surface area contributed by atoms with Crippen molar-refractivity contribution < 1.29 is 0 Å². The average molecular weight is 313 g/mol. The number of rotatable bonds is 1. The van der Waals surface area contributed by atoms with Gasteiger partial charge in [-0.3, -0.25) is 4.90 Å². The van der Waals surface area contributed by atoms with E-state index < -0.39 is 0 Å². The third kappa shape index (κ3) is 2.92. The fourth-order valence-electron chi connectivity index (χ4n) is 3.61. The van der Waals surface area contributed by atoms with Crippen LogP contribution in [0, 0.1) is 0 Å². The molecule has 124 valence electrons. The second-order valence-electron chi connectivity index (χ2n) is 7.62. The molecular formula is C18H27N5. The van der Waals surface area contributed by atoms with Gasteiger partial charge in [-0.25, -0.2) is 4.99 Å². The number of guanidine groups is 2. The minimum Gasteiger partial charge on any atom is -0.369 e. The van der Waals surface area contributed by atoms with Crippen molar-refractivity contribution >= 4 is 17.6 Å². The molecule has 0 bridgehead atoms. The Labute approximate surface area is 138 Å². The fourth-order valence-corrected chi connectivity index (χ4v) is 3.61. The first-order valence-corrected chi connectivity index (χ1v) is 8.42. The van der Waals surface area contributed by atoms with E-state index in [1.54, 1.807) is 0 Å². The monoisotopic (exact) mass is 313 g/mol. The van der Waals surface area contributed by atoms with E-state index in [9.17, 15) is 0 Å². The van der Waals surface area contributed by atoms with E-state index in [4.69, 9.17) is 16.5 Å².